The molecule has 128 valence electrons. The molecule has 24 heavy (non-hydrogen) atoms. The predicted octanol–water partition coefficient (Wildman–Crippen LogP) is 3.62. The number of halogens is 1. The Balaban J connectivity index is 1.95. The lowest BCUT2D eigenvalue weighted by molar-refractivity contribution is -0.134. The van der Waals surface area contributed by atoms with Crippen LogP contribution >= 0.6 is 22.9 Å². The minimum atomic E-state index is -0.722. The summed E-state index contributed by atoms with van der Waals surface area (Å²) < 4.78 is 5.70. The summed E-state index contributed by atoms with van der Waals surface area (Å²) in [4.78, 5) is 26.8. The van der Waals surface area contributed by atoms with E-state index in [1.165, 1.54) is 23.5 Å². The van der Waals surface area contributed by atoms with Crippen molar-refractivity contribution in [3.63, 3.8) is 0 Å². The lowest BCUT2D eigenvalue weighted by atomic mass is 10.1. The van der Waals surface area contributed by atoms with E-state index in [1.807, 2.05) is 13.0 Å². The van der Waals surface area contributed by atoms with E-state index < -0.39 is 5.97 Å². The fourth-order valence-corrected chi connectivity index (χ4v) is 3.21. The molecule has 0 fully saturated rings. The van der Waals surface area contributed by atoms with Crippen LogP contribution in [0.3, 0.4) is 0 Å². The van der Waals surface area contributed by atoms with Crippen LogP contribution in [0.25, 0.3) is 0 Å². The van der Waals surface area contributed by atoms with Crippen LogP contribution in [0, 0.1) is 6.92 Å². The summed E-state index contributed by atoms with van der Waals surface area (Å²) in [5.41, 5.74) is 0.867. The van der Waals surface area contributed by atoms with Gasteiger partial charge in [-0.05, 0) is 38.1 Å². The number of thiophene rings is 1. The average molecular weight is 368 g/mol. The Morgan fingerprint density at radius 3 is 2.67 bits per heavy atom. The molecule has 0 atom stereocenters. The number of nitrogens with zero attached hydrogens (tertiary/aromatic N) is 1. The van der Waals surface area contributed by atoms with Gasteiger partial charge in [-0.3, -0.25) is 4.79 Å². The first-order chi connectivity index (χ1) is 11.4. The molecular formula is C17H18ClNO4S. The molecule has 1 aromatic heterocycles. The first kappa shape index (κ1) is 18.3. The van der Waals surface area contributed by atoms with Gasteiger partial charge in [0.05, 0.1) is 10.9 Å². The van der Waals surface area contributed by atoms with Gasteiger partial charge in [0.2, 0.25) is 0 Å². The van der Waals surface area contributed by atoms with Crippen molar-refractivity contribution in [3.8, 4) is 5.75 Å². The molecule has 5 nitrogen and oxygen atoms in total. The van der Waals surface area contributed by atoms with Crippen molar-refractivity contribution in [1.82, 2.24) is 4.90 Å². The molecule has 2 rings (SSSR count). The fraction of sp³-hybridized carbons (Fsp3) is 0.294. The van der Waals surface area contributed by atoms with Crippen molar-refractivity contribution in [2.45, 2.75) is 20.4 Å². The van der Waals surface area contributed by atoms with E-state index in [4.69, 9.17) is 16.3 Å². The Morgan fingerprint density at radius 1 is 1.29 bits per heavy atom. The molecule has 1 heterocycles. The summed E-state index contributed by atoms with van der Waals surface area (Å²) in [5, 5.41) is 9.72. The number of likely N-dealkylation sites (N-methyl/N-ethyl adjacent to an activating group) is 1. The molecule has 0 bridgehead atoms. The molecule has 0 radical (unpaired) electrons. The number of hydrogen-bond acceptors (Lipinski definition) is 5. The highest BCUT2D eigenvalue weighted by Gasteiger charge is 2.18. The van der Waals surface area contributed by atoms with Gasteiger partial charge in [0.25, 0.3) is 5.91 Å². The van der Waals surface area contributed by atoms with Gasteiger partial charge in [0, 0.05) is 11.4 Å². The summed E-state index contributed by atoms with van der Waals surface area (Å²) >= 11 is 7.29. The van der Waals surface area contributed by atoms with E-state index in [9.17, 15) is 14.7 Å². The smallest absolute Gasteiger partial charge is 0.342 e. The molecule has 1 N–H and O–H groups in total. The molecule has 0 saturated heterocycles. The average Bonchev–Trinajstić information content (AvgIpc) is 2.97. The minimum absolute atomic E-state index is 0.0517. The molecule has 7 heteroatoms. The zero-order valence-electron chi connectivity index (χ0n) is 13.4. The molecule has 1 amide bonds. The Hall–Kier alpha value is -2.05. The van der Waals surface area contributed by atoms with E-state index in [-0.39, 0.29) is 23.8 Å². The number of amides is 1. The van der Waals surface area contributed by atoms with Crippen molar-refractivity contribution < 1.29 is 19.4 Å². The third-order valence-electron chi connectivity index (χ3n) is 3.41. The van der Waals surface area contributed by atoms with Gasteiger partial charge in [-0.2, -0.15) is 0 Å². The number of phenolic OH excluding ortho intramolecular Hbond substituents is 1. The summed E-state index contributed by atoms with van der Waals surface area (Å²) in [5.74, 6) is -1.19. The van der Waals surface area contributed by atoms with Crippen LogP contribution in [0.2, 0.25) is 4.34 Å². The van der Waals surface area contributed by atoms with Crippen LogP contribution in [0.1, 0.15) is 27.7 Å². The second-order valence-electron chi connectivity index (χ2n) is 5.21. The van der Waals surface area contributed by atoms with Gasteiger partial charge in [0.1, 0.15) is 11.3 Å². The maximum atomic E-state index is 12.2. The second-order valence-corrected chi connectivity index (χ2v) is 7.01. The Labute approximate surface area is 149 Å². The lowest BCUT2D eigenvalue weighted by Gasteiger charge is -2.20. The van der Waals surface area contributed by atoms with Crippen LogP contribution < -0.4 is 0 Å². The number of hydrogen-bond donors (Lipinski definition) is 1. The highest BCUT2D eigenvalue weighted by Crippen LogP contribution is 2.23. The molecule has 0 unspecified atom stereocenters. The molecule has 2 aromatic rings. The van der Waals surface area contributed by atoms with Crippen molar-refractivity contribution >= 4 is 34.8 Å². The summed E-state index contributed by atoms with van der Waals surface area (Å²) in [6.07, 6.45) is 0. The minimum Gasteiger partial charge on any atom is -0.507 e. The van der Waals surface area contributed by atoms with Gasteiger partial charge in [-0.1, -0.05) is 23.2 Å². The van der Waals surface area contributed by atoms with E-state index in [1.54, 1.807) is 24.0 Å². The van der Waals surface area contributed by atoms with E-state index in [2.05, 4.69) is 0 Å². The van der Waals surface area contributed by atoms with Crippen molar-refractivity contribution in [2.75, 3.05) is 13.2 Å². The Morgan fingerprint density at radius 2 is 2.04 bits per heavy atom. The van der Waals surface area contributed by atoms with E-state index >= 15 is 0 Å². The van der Waals surface area contributed by atoms with E-state index in [0.29, 0.717) is 17.4 Å². The third-order valence-corrected chi connectivity index (χ3v) is 4.62. The second kappa shape index (κ2) is 8.17. The van der Waals surface area contributed by atoms with E-state index in [0.717, 1.165) is 10.4 Å². The highest BCUT2D eigenvalue weighted by molar-refractivity contribution is 7.16. The van der Waals surface area contributed by atoms with Gasteiger partial charge < -0.3 is 14.7 Å². The summed E-state index contributed by atoms with van der Waals surface area (Å²) in [6.45, 7) is 4.17. The largest absolute Gasteiger partial charge is 0.507 e. The van der Waals surface area contributed by atoms with Crippen LogP contribution in [0.4, 0.5) is 0 Å². The predicted molar refractivity (Wildman–Crippen MR) is 93.5 cm³/mol. The number of aryl methyl sites for hydroxylation is 1. The number of carbonyl (C=O) groups is 2. The maximum absolute atomic E-state index is 12.2. The molecule has 0 aliphatic carbocycles. The summed E-state index contributed by atoms with van der Waals surface area (Å²) in [7, 11) is 0. The van der Waals surface area contributed by atoms with Crippen molar-refractivity contribution in [3.05, 3.63) is 50.7 Å². The first-order valence-electron chi connectivity index (χ1n) is 7.39. The molecule has 0 aliphatic rings. The van der Waals surface area contributed by atoms with Gasteiger partial charge in [0.15, 0.2) is 6.61 Å². The zero-order chi connectivity index (χ0) is 17.7. The fourth-order valence-electron chi connectivity index (χ4n) is 2.11. The molecule has 0 aliphatic heterocycles. The SMILES string of the molecule is CCN(Cc1ccc(Cl)s1)C(=O)COC(=O)c1cc(C)ccc1O. The number of ether oxygens (including phenoxy) is 1. The first-order valence-corrected chi connectivity index (χ1v) is 8.59. The number of phenols is 1. The number of aromatic hydroxyl groups is 1. The number of esters is 1. The third kappa shape index (κ3) is 4.72. The van der Waals surface area contributed by atoms with Crippen molar-refractivity contribution in [2.24, 2.45) is 0 Å². The van der Waals surface area contributed by atoms with Gasteiger partial charge in [-0.15, -0.1) is 11.3 Å². The molecular weight excluding hydrogens is 350 g/mol. The number of benzene rings is 1. The Kier molecular flexibility index (Phi) is 6.23. The topological polar surface area (TPSA) is 66.8 Å². The van der Waals surface area contributed by atoms with Crippen LogP contribution in [0.5, 0.6) is 5.75 Å². The number of carbonyl (C=O) groups excluding carboxylic acids is 2. The van der Waals surface area contributed by atoms with Gasteiger partial charge in [-0.25, -0.2) is 4.79 Å². The molecule has 0 saturated carbocycles. The van der Waals surface area contributed by atoms with Gasteiger partial charge >= 0.3 is 5.97 Å². The van der Waals surface area contributed by atoms with Crippen LogP contribution in [0.15, 0.2) is 30.3 Å². The number of rotatable bonds is 6. The molecule has 1 aromatic carbocycles. The summed E-state index contributed by atoms with van der Waals surface area (Å²) in [6, 6.07) is 8.27. The quantitative estimate of drug-likeness (QED) is 0.792. The maximum Gasteiger partial charge on any atom is 0.342 e. The standard InChI is InChI=1S/C17H18ClNO4S/c1-3-19(9-12-5-7-15(18)24-12)16(21)10-23-17(22)13-8-11(2)4-6-14(13)20/h4-8,20H,3,9-10H2,1-2H3. The molecule has 0 spiro atoms. The highest BCUT2D eigenvalue weighted by atomic mass is 35.5. The zero-order valence-corrected chi connectivity index (χ0v) is 15.0. The Bertz CT molecular complexity index is 744. The van der Waals surface area contributed by atoms with Crippen molar-refractivity contribution in [1.29, 1.82) is 0 Å². The van der Waals surface area contributed by atoms with Crippen LogP contribution in [-0.4, -0.2) is 35.0 Å². The van der Waals surface area contributed by atoms with Crippen LogP contribution in [-0.2, 0) is 16.1 Å². The monoisotopic (exact) mass is 367 g/mol. The normalized spacial score (nSPS) is 10.5. The lowest BCUT2D eigenvalue weighted by Crippen LogP contribution is -2.33.